The molecule has 9 nitrogen and oxygen atoms in total. The molecule has 0 saturated heterocycles. The smallest absolute Gasteiger partial charge is 0.545 e. The van der Waals surface area contributed by atoms with E-state index in [9.17, 15) is 29.7 Å². The molecule has 0 fully saturated rings. The van der Waals surface area contributed by atoms with Crippen molar-refractivity contribution in [2.45, 2.75) is 20.8 Å². The number of aryl methyl sites for hydroxylation is 3. The van der Waals surface area contributed by atoms with Crippen LogP contribution in [0.15, 0.2) is 114 Å². The number of hydrogen-bond acceptors (Lipinski definition) is 7. The van der Waals surface area contributed by atoms with Crippen LogP contribution in [0.1, 0.15) is 47.8 Å². The molecule has 294 valence electrons. The Morgan fingerprint density at radius 2 is 0.828 bits per heavy atom. The number of aromatic carboxylic acids is 3. The van der Waals surface area contributed by atoms with Crippen molar-refractivity contribution >= 4 is 159 Å². The molecule has 0 aliphatic heterocycles. The van der Waals surface area contributed by atoms with Crippen LogP contribution in [0.3, 0.4) is 0 Å². The van der Waals surface area contributed by atoms with E-state index in [1.807, 2.05) is 81.4 Å². The van der Waals surface area contributed by atoms with Crippen LogP contribution in [-0.4, -0.2) is 28.1 Å². The molecule has 16 heteroatoms. The van der Waals surface area contributed by atoms with Crippen LogP contribution in [-0.2, 0) is 0 Å². The van der Waals surface area contributed by atoms with Gasteiger partial charge in [0.1, 0.15) is 0 Å². The maximum absolute atomic E-state index is 11.2. The summed E-state index contributed by atoms with van der Waals surface area (Å²) in [5, 5.41) is 39.7. The summed E-state index contributed by atoms with van der Waals surface area (Å²) in [5.74, 6) is -3.21. The minimum atomic E-state index is -1.26. The summed E-state index contributed by atoms with van der Waals surface area (Å²) in [6.07, 6.45) is 0. The normalized spacial score (nSPS) is 10.1. The van der Waals surface area contributed by atoms with Crippen LogP contribution < -0.4 is 50.6 Å². The molecule has 0 heterocycles. The molecule has 0 spiro atoms. The molecule has 5 N–H and O–H groups in total. The summed E-state index contributed by atoms with van der Waals surface area (Å²) in [4.78, 5) is 33.5. The Labute approximate surface area is 417 Å². The minimum absolute atomic E-state index is 0. The number of nitrogens with one attached hydrogen (secondary N) is 3. The van der Waals surface area contributed by atoms with Crippen molar-refractivity contribution < 1.29 is 59.3 Å². The molecule has 0 saturated carbocycles. The summed E-state index contributed by atoms with van der Waals surface area (Å²) in [6, 6.07) is 32.3. The molecular formula is C42H32BrCl2I3N3NaO6. The summed E-state index contributed by atoms with van der Waals surface area (Å²) in [5.41, 5.74) is 7.83. The number of anilines is 6. The van der Waals surface area contributed by atoms with Gasteiger partial charge in [0.25, 0.3) is 0 Å². The number of halogens is 6. The molecule has 6 aromatic carbocycles. The van der Waals surface area contributed by atoms with Crippen molar-refractivity contribution in [2.75, 3.05) is 16.0 Å². The molecule has 58 heavy (non-hydrogen) atoms. The molecule has 0 aliphatic carbocycles. The van der Waals surface area contributed by atoms with Gasteiger partial charge in [0, 0.05) is 53.5 Å². The second-order valence-electron chi connectivity index (χ2n) is 12.2. The molecule has 6 rings (SSSR count). The second kappa shape index (κ2) is 23.4. The van der Waals surface area contributed by atoms with Gasteiger partial charge >= 0.3 is 41.5 Å². The third-order valence-corrected chi connectivity index (χ3v) is 11.0. The number of carboxylic acids is 3. The summed E-state index contributed by atoms with van der Waals surface area (Å²) in [6.45, 7) is 5.92. The fourth-order valence-electron chi connectivity index (χ4n) is 5.14. The topological polar surface area (TPSA) is 151 Å². The Hall–Kier alpha value is -2.62. The SMILES string of the molecule is Cc1cc(I)ccc1Nc1ccc(Br)cc1C(=O)O.Cc1cc(I)ccc1Nc1ccc(Cl)cc1C(=O)O.Cc1cc(I)ccc1Nc1ccc(Cl)cc1C(=O)[O-].[Na+]. The minimum Gasteiger partial charge on any atom is -0.545 e. The summed E-state index contributed by atoms with van der Waals surface area (Å²) < 4.78 is 4.15. The molecule has 0 atom stereocenters. The van der Waals surface area contributed by atoms with Crippen LogP contribution in [0.25, 0.3) is 0 Å². The Balaban J connectivity index is 0.000000231. The standard InChI is InChI=1S/C14H11BrINO2.2C14H11ClINO2.Na/c3*1-8-6-10(16)3-5-12(8)17-13-4-2-9(15)7-11(13)14(18)19;/h3*2-7,17H,1H3,(H,18,19);/q;;;+1/p-1. The first-order valence-electron chi connectivity index (χ1n) is 16.6. The van der Waals surface area contributed by atoms with Crippen LogP contribution in [0, 0.1) is 31.5 Å². The Morgan fingerprint density at radius 1 is 0.517 bits per heavy atom. The second-order valence-corrected chi connectivity index (χ2v) is 17.7. The first-order valence-corrected chi connectivity index (χ1v) is 21.4. The van der Waals surface area contributed by atoms with Gasteiger partial charge in [0.15, 0.2) is 0 Å². The van der Waals surface area contributed by atoms with Crippen molar-refractivity contribution in [1.29, 1.82) is 0 Å². The van der Waals surface area contributed by atoms with Crippen LogP contribution in [0.2, 0.25) is 10.0 Å². The predicted octanol–water partition coefficient (Wildman–Crippen LogP) is 9.86. The first kappa shape index (κ1) is 49.7. The van der Waals surface area contributed by atoms with Crippen LogP contribution in [0.4, 0.5) is 34.1 Å². The summed E-state index contributed by atoms with van der Waals surface area (Å²) in [7, 11) is 0. The molecule has 0 aromatic heterocycles. The number of benzene rings is 6. The molecule has 0 aliphatic rings. The predicted molar refractivity (Wildman–Crippen MR) is 257 cm³/mol. The van der Waals surface area contributed by atoms with Gasteiger partial charge in [-0.2, -0.15) is 0 Å². The van der Waals surface area contributed by atoms with Gasteiger partial charge in [-0.3, -0.25) is 0 Å². The van der Waals surface area contributed by atoms with E-state index in [-0.39, 0.29) is 46.2 Å². The molecule has 0 bridgehead atoms. The van der Waals surface area contributed by atoms with E-state index in [1.54, 1.807) is 36.4 Å². The molecular weight excluding hydrogens is 1200 g/mol. The maximum Gasteiger partial charge on any atom is 1.00 e. The van der Waals surface area contributed by atoms with E-state index < -0.39 is 17.9 Å². The van der Waals surface area contributed by atoms with Gasteiger partial charge < -0.3 is 36.1 Å². The Bertz CT molecular complexity index is 2210. The van der Waals surface area contributed by atoms with Crippen molar-refractivity contribution in [1.82, 2.24) is 0 Å². The van der Waals surface area contributed by atoms with Gasteiger partial charge in [-0.25, -0.2) is 9.59 Å². The van der Waals surface area contributed by atoms with E-state index in [0.717, 1.165) is 48.9 Å². The molecule has 0 unspecified atom stereocenters. The van der Waals surface area contributed by atoms with E-state index in [4.69, 9.17) is 23.2 Å². The quantitative estimate of drug-likeness (QED) is 0.0705. The van der Waals surface area contributed by atoms with Crippen molar-refractivity contribution in [3.8, 4) is 0 Å². The molecule has 0 amide bonds. The fourth-order valence-corrected chi connectivity index (χ4v) is 7.78. The van der Waals surface area contributed by atoms with Gasteiger partial charge in [-0.15, -0.1) is 0 Å². The third-order valence-electron chi connectivity index (χ3n) is 8.00. The zero-order valence-corrected chi connectivity index (χ0v) is 42.8. The van der Waals surface area contributed by atoms with Crippen LogP contribution >= 0.6 is 107 Å². The van der Waals surface area contributed by atoms with Crippen molar-refractivity contribution in [2.24, 2.45) is 0 Å². The van der Waals surface area contributed by atoms with Crippen molar-refractivity contribution in [3.05, 3.63) is 168 Å². The van der Waals surface area contributed by atoms with Gasteiger partial charge in [-0.1, -0.05) is 39.1 Å². The van der Waals surface area contributed by atoms with E-state index in [0.29, 0.717) is 27.1 Å². The zero-order chi connectivity index (χ0) is 42.0. The largest absolute Gasteiger partial charge is 1.00 e. The monoisotopic (exact) mass is 1230 g/mol. The number of carbonyl (C=O) groups excluding carboxylic acids is 1. The Morgan fingerprint density at radius 3 is 1.17 bits per heavy atom. The van der Waals surface area contributed by atoms with Gasteiger partial charge in [-0.05, 0) is 214 Å². The van der Waals surface area contributed by atoms with Crippen molar-refractivity contribution in [3.63, 3.8) is 0 Å². The van der Waals surface area contributed by atoms with Gasteiger partial charge in [0.2, 0.25) is 0 Å². The fraction of sp³-hybridized carbons (Fsp3) is 0.0714. The van der Waals surface area contributed by atoms with E-state index in [2.05, 4.69) is 99.7 Å². The number of hydrogen-bond donors (Lipinski definition) is 5. The maximum atomic E-state index is 11.2. The third kappa shape index (κ3) is 14.8. The Kier molecular flexibility index (Phi) is 20.1. The molecule has 0 radical (unpaired) electrons. The molecule has 6 aromatic rings. The average Bonchev–Trinajstić information content (AvgIpc) is 3.14. The van der Waals surface area contributed by atoms with Crippen LogP contribution in [0.5, 0.6) is 0 Å². The van der Waals surface area contributed by atoms with E-state index >= 15 is 0 Å². The number of carboxylic acid groups (broad SMARTS) is 3. The number of rotatable bonds is 9. The number of carbonyl (C=O) groups is 3. The summed E-state index contributed by atoms with van der Waals surface area (Å²) >= 11 is 21.6. The average molecular weight is 1230 g/mol. The van der Waals surface area contributed by atoms with E-state index in [1.165, 1.54) is 12.1 Å². The van der Waals surface area contributed by atoms with Gasteiger partial charge in [0.05, 0.1) is 28.5 Å². The zero-order valence-electron chi connectivity index (χ0n) is 31.2. The first-order chi connectivity index (χ1) is 26.9.